The van der Waals surface area contributed by atoms with E-state index in [0.29, 0.717) is 5.82 Å². The van der Waals surface area contributed by atoms with Crippen molar-refractivity contribution in [3.8, 4) is 101 Å². The molecule has 0 bridgehead atoms. The number of benzene rings is 8. The zero-order chi connectivity index (χ0) is 40.7. The first kappa shape index (κ1) is 35.2. The molecular weight excluding hydrogens is 739 g/mol. The van der Waals surface area contributed by atoms with Crippen molar-refractivity contribution in [2.45, 2.75) is 19.3 Å². The van der Waals surface area contributed by atoms with E-state index in [1.807, 2.05) is 12.3 Å². The Hall–Kier alpha value is -7.75. The van der Waals surface area contributed by atoms with Gasteiger partial charge >= 0.3 is 0 Å². The average Bonchev–Trinajstić information content (AvgIpc) is 3.78. The molecule has 0 atom stereocenters. The fraction of sp³-hybridized carbons (Fsp3) is 0.0517. The Balaban J connectivity index is 0.917. The molecule has 2 aromatic heterocycles. The summed E-state index contributed by atoms with van der Waals surface area (Å²) >= 11 is 0. The second-order valence-corrected chi connectivity index (χ2v) is 16.8. The van der Waals surface area contributed by atoms with Crippen LogP contribution in [0.25, 0.3) is 111 Å². The molecule has 0 radical (unpaired) electrons. The first-order chi connectivity index (χ1) is 30.0. The third kappa shape index (κ3) is 5.69. The molecule has 2 aliphatic rings. The van der Waals surface area contributed by atoms with Gasteiger partial charge in [-0.05, 0) is 107 Å². The van der Waals surface area contributed by atoms with Crippen LogP contribution in [0.5, 0.6) is 0 Å². The van der Waals surface area contributed by atoms with E-state index in [2.05, 4.69) is 201 Å². The maximum absolute atomic E-state index is 5.21. The van der Waals surface area contributed by atoms with E-state index in [4.69, 9.17) is 9.97 Å². The lowest BCUT2D eigenvalue weighted by molar-refractivity contribution is 0.660. The molecule has 8 aromatic carbocycles. The van der Waals surface area contributed by atoms with E-state index in [0.717, 1.165) is 39.2 Å². The Kier molecular flexibility index (Phi) is 7.88. The van der Waals surface area contributed by atoms with Crippen LogP contribution in [0.4, 0.5) is 0 Å². The number of nitrogens with zero attached hydrogens (tertiary/aromatic N) is 3. The molecule has 286 valence electrons. The fourth-order valence-corrected chi connectivity index (χ4v) is 9.82. The van der Waals surface area contributed by atoms with Gasteiger partial charge in [-0.3, -0.25) is 4.98 Å². The third-order valence-corrected chi connectivity index (χ3v) is 13.0. The summed E-state index contributed by atoms with van der Waals surface area (Å²) < 4.78 is 0. The maximum atomic E-state index is 5.21. The molecule has 0 saturated carbocycles. The summed E-state index contributed by atoms with van der Waals surface area (Å²) in [5, 5.41) is 2.61. The molecule has 0 aliphatic heterocycles. The quantitative estimate of drug-likeness (QED) is 0.169. The standard InChI is InChI=1S/C58H39N3/c1-58(2)52-15-6-5-12-47(52)48-29-28-42(33-53(48)58)36-16-22-39(23-17-36)54-34-55(61-57(60-54)41-26-18-37(19-27-41)43-9-8-32-59-35-43)40-24-20-38(21-25-40)44-30-31-51-46-11-4-3-10-45(46)50-14-7-13-49(44)56(50)51/h3-35H,1-2H3. The number of hydrogen-bond donors (Lipinski definition) is 0. The van der Waals surface area contributed by atoms with Gasteiger partial charge in [0, 0.05) is 34.5 Å². The molecular formula is C58H39N3. The Morgan fingerprint density at radius 2 is 0.869 bits per heavy atom. The van der Waals surface area contributed by atoms with Crippen LogP contribution < -0.4 is 0 Å². The highest BCUT2D eigenvalue weighted by molar-refractivity contribution is 6.18. The molecule has 12 rings (SSSR count). The minimum absolute atomic E-state index is 0.0495. The Bertz CT molecular complexity index is 3320. The number of aromatic nitrogens is 3. The van der Waals surface area contributed by atoms with Crippen molar-refractivity contribution in [2.24, 2.45) is 0 Å². The minimum atomic E-state index is -0.0495. The number of pyridine rings is 1. The van der Waals surface area contributed by atoms with Gasteiger partial charge in [-0.15, -0.1) is 0 Å². The van der Waals surface area contributed by atoms with E-state index in [9.17, 15) is 0 Å². The van der Waals surface area contributed by atoms with Crippen molar-refractivity contribution >= 4 is 10.8 Å². The monoisotopic (exact) mass is 777 g/mol. The van der Waals surface area contributed by atoms with Crippen LogP contribution >= 0.6 is 0 Å². The van der Waals surface area contributed by atoms with Crippen molar-refractivity contribution in [3.05, 3.63) is 212 Å². The molecule has 2 aliphatic carbocycles. The summed E-state index contributed by atoms with van der Waals surface area (Å²) in [4.78, 5) is 14.7. The molecule has 3 nitrogen and oxygen atoms in total. The van der Waals surface area contributed by atoms with E-state index in [1.165, 1.54) is 77.5 Å². The topological polar surface area (TPSA) is 38.7 Å². The SMILES string of the molecule is CC1(C)c2ccccc2-c2ccc(-c3ccc(-c4cc(-c5ccc(-c6ccc7c8c(cccc68)-c6ccccc6-7)cc5)nc(-c5ccc(-c6cccnc6)cc5)n4)cc3)cc21. The van der Waals surface area contributed by atoms with Crippen LogP contribution in [0, 0.1) is 0 Å². The van der Waals surface area contributed by atoms with Crippen LogP contribution in [-0.4, -0.2) is 15.0 Å². The summed E-state index contributed by atoms with van der Waals surface area (Å²) in [6, 6.07) is 68.1. The lowest BCUT2D eigenvalue weighted by atomic mass is 9.81. The second-order valence-electron chi connectivity index (χ2n) is 16.8. The lowest BCUT2D eigenvalue weighted by Crippen LogP contribution is -2.14. The summed E-state index contributed by atoms with van der Waals surface area (Å²) in [5.74, 6) is 0.686. The lowest BCUT2D eigenvalue weighted by Gasteiger charge is -2.22. The van der Waals surface area contributed by atoms with Gasteiger partial charge in [0.1, 0.15) is 0 Å². The highest BCUT2D eigenvalue weighted by Crippen LogP contribution is 2.51. The molecule has 0 unspecified atom stereocenters. The van der Waals surface area contributed by atoms with Gasteiger partial charge in [-0.1, -0.05) is 184 Å². The van der Waals surface area contributed by atoms with Crippen LogP contribution in [0.3, 0.4) is 0 Å². The molecule has 0 fully saturated rings. The van der Waals surface area contributed by atoms with Crippen molar-refractivity contribution in [3.63, 3.8) is 0 Å². The zero-order valence-corrected chi connectivity index (χ0v) is 33.9. The van der Waals surface area contributed by atoms with Crippen LogP contribution in [0.2, 0.25) is 0 Å². The van der Waals surface area contributed by atoms with Gasteiger partial charge in [0.15, 0.2) is 5.82 Å². The van der Waals surface area contributed by atoms with Gasteiger partial charge in [0.05, 0.1) is 11.4 Å². The predicted octanol–water partition coefficient (Wildman–Crippen LogP) is 15.0. The van der Waals surface area contributed by atoms with Crippen molar-refractivity contribution in [1.82, 2.24) is 15.0 Å². The van der Waals surface area contributed by atoms with Gasteiger partial charge in [0.2, 0.25) is 0 Å². The Morgan fingerprint density at radius 3 is 1.56 bits per heavy atom. The first-order valence-electron chi connectivity index (χ1n) is 21.0. The van der Waals surface area contributed by atoms with Crippen molar-refractivity contribution in [2.75, 3.05) is 0 Å². The van der Waals surface area contributed by atoms with Gasteiger partial charge in [-0.2, -0.15) is 0 Å². The van der Waals surface area contributed by atoms with E-state index in [-0.39, 0.29) is 5.41 Å². The molecule has 3 heteroatoms. The largest absolute Gasteiger partial charge is 0.264 e. The highest BCUT2D eigenvalue weighted by atomic mass is 14.9. The van der Waals surface area contributed by atoms with Crippen LogP contribution in [0.1, 0.15) is 25.0 Å². The van der Waals surface area contributed by atoms with Crippen LogP contribution in [-0.2, 0) is 5.41 Å². The van der Waals surface area contributed by atoms with E-state index < -0.39 is 0 Å². The third-order valence-electron chi connectivity index (χ3n) is 13.0. The molecule has 0 saturated heterocycles. The maximum Gasteiger partial charge on any atom is 0.160 e. The van der Waals surface area contributed by atoms with Crippen LogP contribution in [0.15, 0.2) is 200 Å². The van der Waals surface area contributed by atoms with Gasteiger partial charge < -0.3 is 0 Å². The molecule has 10 aromatic rings. The van der Waals surface area contributed by atoms with Gasteiger partial charge in [-0.25, -0.2) is 9.97 Å². The molecule has 61 heavy (non-hydrogen) atoms. The number of hydrogen-bond acceptors (Lipinski definition) is 3. The summed E-state index contributed by atoms with van der Waals surface area (Å²) in [5.41, 5.74) is 22.4. The summed E-state index contributed by atoms with van der Waals surface area (Å²) in [6.07, 6.45) is 3.69. The van der Waals surface area contributed by atoms with Crippen molar-refractivity contribution < 1.29 is 0 Å². The average molecular weight is 778 g/mol. The highest BCUT2D eigenvalue weighted by Gasteiger charge is 2.35. The van der Waals surface area contributed by atoms with Crippen molar-refractivity contribution in [1.29, 1.82) is 0 Å². The molecule has 2 heterocycles. The smallest absolute Gasteiger partial charge is 0.160 e. The Labute approximate surface area is 355 Å². The predicted molar refractivity (Wildman–Crippen MR) is 252 cm³/mol. The van der Waals surface area contributed by atoms with E-state index in [1.54, 1.807) is 6.20 Å². The molecule has 0 spiro atoms. The minimum Gasteiger partial charge on any atom is -0.264 e. The summed E-state index contributed by atoms with van der Waals surface area (Å²) in [6.45, 7) is 4.67. The molecule has 0 amide bonds. The second kappa shape index (κ2) is 13.7. The molecule has 0 N–H and O–H groups in total. The fourth-order valence-electron chi connectivity index (χ4n) is 9.82. The normalized spacial score (nSPS) is 12.9. The van der Waals surface area contributed by atoms with Gasteiger partial charge in [0.25, 0.3) is 0 Å². The number of fused-ring (bicyclic) bond motifs is 6. The zero-order valence-electron chi connectivity index (χ0n) is 33.9. The first-order valence-corrected chi connectivity index (χ1v) is 21.0. The summed E-state index contributed by atoms with van der Waals surface area (Å²) in [7, 11) is 0. The number of rotatable bonds is 6. The Morgan fingerprint density at radius 1 is 0.344 bits per heavy atom. The van der Waals surface area contributed by atoms with E-state index >= 15 is 0 Å².